The van der Waals surface area contributed by atoms with E-state index in [1.807, 2.05) is 13.8 Å². The van der Waals surface area contributed by atoms with Crippen LogP contribution in [0.2, 0.25) is 0 Å². The molecule has 2 saturated heterocycles. The first-order chi connectivity index (χ1) is 20.3. The van der Waals surface area contributed by atoms with Gasteiger partial charge >= 0.3 is 18.0 Å². The van der Waals surface area contributed by atoms with Gasteiger partial charge in [0, 0.05) is 25.7 Å². The Bertz CT molecular complexity index is 1040. The highest BCUT2D eigenvalue weighted by Crippen LogP contribution is 2.20. The highest BCUT2D eigenvalue weighted by atomic mass is 16.4. The largest absolute Gasteiger partial charge is 0.481 e. The van der Waals surface area contributed by atoms with Crippen LogP contribution >= 0.6 is 0 Å². The Morgan fingerprint density at radius 2 is 1.47 bits per heavy atom. The third-order valence-electron chi connectivity index (χ3n) is 7.71. The van der Waals surface area contributed by atoms with E-state index in [0.717, 1.165) is 12.8 Å². The van der Waals surface area contributed by atoms with E-state index in [9.17, 15) is 43.8 Å². The molecular formula is C28H46N6O9. The topological polar surface area (TPSA) is 215 Å². The van der Waals surface area contributed by atoms with Gasteiger partial charge in [-0.15, -0.1) is 0 Å². The van der Waals surface area contributed by atoms with Gasteiger partial charge in [-0.2, -0.15) is 0 Å². The molecule has 2 aliphatic rings. The van der Waals surface area contributed by atoms with Gasteiger partial charge in [0.25, 0.3) is 0 Å². The fourth-order valence-electron chi connectivity index (χ4n) is 5.25. The highest BCUT2D eigenvalue weighted by Gasteiger charge is 2.42. The fourth-order valence-corrected chi connectivity index (χ4v) is 5.25. The lowest BCUT2D eigenvalue weighted by atomic mass is 10.0. The van der Waals surface area contributed by atoms with Crippen molar-refractivity contribution in [1.82, 2.24) is 31.1 Å². The van der Waals surface area contributed by atoms with E-state index in [4.69, 9.17) is 0 Å². The van der Waals surface area contributed by atoms with E-state index in [-0.39, 0.29) is 37.3 Å². The number of carbonyl (C=O) groups is 7. The summed E-state index contributed by atoms with van der Waals surface area (Å²) in [7, 11) is 0. The van der Waals surface area contributed by atoms with Crippen LogP contribution < -0.4 is 21.3 Å². The van der Waals surface area contributed by atoms with Crippen LogP contribution in [-0.4, -0.2) is 111 Å². The minimum Gasteiger partial charge on any atom is -0.481 e. The highest BCUT2D eigenvalue weighted by molar-refractivity contribution is 5.98. The van der Waals surface area contributed by atoms with E-state index in [1.165, 1.54) is 4.90 Å². The molecule has 0 aromatic carbocycles. The van der Waals surface area contributed by atoms with Crippen LogP contribution in [0.5, 0.6) is 0 Å². The number of carboxylic acids is 2. The number of nitrogens with zero attached hydrogens (tertiary/aromatic N) is 2. The summed E-state index contributed by atoms with van der Waals surface area (Å²) < 4.78 is 0. The number of likely N-dealkylation sites (tertiary alicyclic amines) is 2. The second kappa shape index (κ2) is 16.7. The molecule has 2 heterocycles. The monoisotopic (exact) mass is 610 g/mol. The normalized spacial score (nSPS) is 18.7. The Hall–Kier alpha value is -3.91. The summed E-state index contributed by atoms with van der Waals surface area (Å²) in [5.41, 5.74) is 0. The number of carbonyl (C=O) groups excluding carboxylic acids is 5. The van der Waals surface area contributed by atoms with Gasteiger partial charge in [0.2, 0.25) is 23.6 Å². The average molecular weight is 611 g/mol. The third kappa shape index (κ3) is 10.7. The first-order valence-corrected chi connectivity index (χ1v) is 15.0. The zero-order valence-corrected chi connectivity index (χ0v) is 25.4. The number of carboxylic acid groups (broad SMARTS) is 2. The molecule has 0 radical (unpaired) electrons. The van der Waals surface area contributed by atoms with Crippen molar-refractivity contribution in [2.75, 3.05) is 19.6 Å². The molecule has 0 saturated carbocycles. The first-order valence-electron chi connectivity index (χ1n) is 15.0. The SMILES string of the molecule is CCC(CC)NC(=O)NC1CCN([C@@H](CC(=O)N2CCCC2)C(=O)N[C@@H](CC(=O)O)C(=O)N[C@@H](CC(C)C)C(=O)O)C1=O. The Balaban J connectivity index is 2.25. The minimum absolute atomic E-state index is 0.0331. The van der Waals surface area contributed by atoms with Crippen LogP contribution in [0.4, 0.5) is 4.79 Å². The number of amides is 6. The number of urea groups is 1. The number of hydrogen-bond donors (Lipinski definition) is 6. The Kier molecular flexibility index (Phi) is 13.7. The maximum atomic E-state index is 13.6. The minimum atomic E-state index is -1.67. The van der Waals surface area contributed by atoms with Crippen molar-refractivity contribution < 1.29 is 43.8 Å². The second-order valence-corrected chi connectivity index (χ2v) is 11.5. The predicted molar refractivity (Wildman–Crippen MR) is 154 cm³/mol. The van der Waals surface area contributed by atoms with Gasteiger partial charge in [0.05, 0.1) is 12.8 Å². The predicted octanol–water partition coefficient (Wildman–Crippen LogP) is 0.0312. The van der Waals surface area contributed by atoms with Crippen molar-refractivity contribution >= 4 is 41.6 Å². The van der Waals surface area contributed by atoms with Crippen LogP contribution in [0.3, 0.4) is 0 Å². The smallest absolute Gasteiger partial charge is 0.326 e. The van der Waals surface area contributed by atoms with Gasteiger partial charge < -0.3 is 41.3 Å². The van der Waals surface area contributed by atoms with Crippen LogP contribution in [0.25, 0.3) is 0 Å². The summed E-state index contributed by atoms with van der Waals surface area (Å²) in [6, 6.07) is -5.92. The van der Waals surface area contributed by atoms with Gasteiger partial charge in [0.1, 0.15) is 24.2 Å². The summed E-state index contributed by atoms with van der Waals surface area (Å²) >= 11 is 0. The van der Waals surface area contributed by atoms with Crippen molar-refractivity contribution in [1.29, 1.82) is 0 Å². The molecule has 43 heavy (non-hydrogen) atoms. The van der Waals surface area contributed by atoms with E-state index in [2.05, 4.69) is 21.3 Å². The molecule has 0 bridgehead atoms. The quantitative estimate of drug-likeness (QED) is 0.139. The third-order valence-corrected chi connectivity index (χ3v) is 7.71. The maximum Gasteiger partial charge on any atom is 0.326 e. The lowest BCUT2D eigenvalue weighted by molar-refractivity contribution is -0.146. The summed E-state index contributed by atoms with van der Waals surface area (Å²) in [4.78, 5) is 91.5. The molecule has 2 aliphatic heterocycles. The van der Waals surface area contributed by atoms with Gasteiger partial charge in [-0.05, 0) is 44.4 Å². The van der Waals surface area contributed by atoms with Crippen LogP contribution in [0.15, 0.2) is 0 Å². The molecule has 6 amide bonds. The lowest BCUT2D eigenvalue weighted by Crippen LogP contribution is -2.58. The van der Waals surface area contributed by atoms with Crippen molar-refractivity contribution in [3.63, 3.8) is 0 Å². The van der Waals surface area contributed by atoms with Crippen molar-refractivity contribution in [2.24, 2.45) is 5.92 Å². The summed E-state index contributed by atoms with van der Waals surface area (Å²) in [6.45, 7) is 8.38. The molecule has 15 heteroatoms. The molecule has 2 fully saturated rings. The molecule has 0 aliphatic carbocycles. The second-order valence-electron chi connectivity index (χ2n) is 11.5. The van der Waals surface area contributed by atoms with Gasteiger partial charge in [0.15, 0.2) is 0 Å². The molecule has 1 unspecified atom stereocenters. The maximum absolute atomic E-state index is 13.6. The van der Waals surface area contributed by atoms with Crippen molar-refractivity contribution in [2.45, 2.75) is 109 Å². The molecule has 242 valence electrons. The molecule has 0 spiro atoms. The molecule has 0 aromatic heterocycles. The molecule has 15 nitrogen and oxygen atoms in total. The number of aliphatic carboxylic acids is 2. The van der Waals surface area contributed by atoms with Crippen molar-refractivity contribution in [3.8, 4) is 0 Å². The van der Waals surface area contributed by atoms with Crippen LogP contribution in [0, 0.1) is 5.92 Å². The number of nitrogens with one attached hydrogen (secondary N) is 4. The van der Waals surface area contributed by atoms with Gasteiger partial charge in [-0.25, -0.2) is 9.59 Å². The van der Waals surface area contributed by atoms with Gasteiger partial charge in [-0.3, -0.25) is 24.0 Å². The summed E-state index contributed by atoms with van der Waals surface area (Å²) in [5, 5.41) is 29.0. The molecule has 4 atom stereocenters. The standard InChI is InChI=1S/C28H46N6O9/c1-5-17(6-2)29-28(43)32-18-9-12-34(26(18)40)21(15-22(35)33-10-7-8-11-33)25(39)30-19(14-23(36)37)24(38)31-20(27(41)42)13-16(3)4/h16-21H,5-15H2,1-4H3,(H,30,39)(H,31,38)(H,36,37)(H,41,42)(H2,29,32,43)/t18?,19-,20-,21-/m0/s1. The Labute approximate surface area is 251 Å². The Morgan fingerprint density at radius 3 is 2.00 bits per heavy atom. The average Bonchev–Trinajstić information content (AvgIpc) is 3.59. The van der Waals surface area contributed by atoms with Crippen LogP contribution in [0.1, 0.15) is 79.1 Å². The van der Waals surface area contributed by atoms with E-state index in [0.29, 0.717) is 25.9 Å². The molecule has 6 N–H and O–H groups in total. The Morgan fingerprint density at radius 1 is 0.860 bits per heavy atom. The van der Waals surface area contributed by atoms with Crippen molar-refractivity contribution in [3.05, 3.63) is 0 Å². The van der Waals surface area contributed by atoms with Crippen LogP contribution in [-0.2, 0) is 28.8 Å². The fraction of sp³-hybridized carbons (Fsp3) is 0.750. The van der Waals surface area contributed by atoms with Gasteiger partial charge in [-0.1, -0.05) is 27.7 Å². The summed E-state index contributed by atoms with van der Waals surface area (Å²) in [6.07, 6.45) is 1.98. The number of rotatable bonds is 16. The zero-order valence-electron chi connectivity index (χ0n) is 25.4. The van der Waals surface area contributed by atoms with E-state index < -0.39 is 72.7 Å². The molecular weight excluding hydrogens is 564 g/mol. The zero-order chi connectivity index (χ0) is 32.3. The molecule has 0 aromatic rings. The first kappa shape index (κ1) is 35.3. The summed E-state index contributed by atoms with van der Waals surface area (Å²) in [5.74, 6) is -5.75. The lowest BCUT2D eigenvalue weighted by Gasteiger charge is -2.30. The molecule has 2 rings (SSSR count). The number of hydrogen-bond acceptors (Lipinski definition) is 7. The van der Waals surface area contributed by atoms with E-state index in [1.54, 1.807) is 18.7 Å². The van der Waals surface area contributed by atoms with E-state index >= 15 is 0 Å².